The zero-order valence-electron chi connectivity index (χ0n) is 10.6. The van der Waals surface area contributed by atoms with Crippen molar-refractivity contribution in [1.82, 2.24) is 5.43 Å². The Kier molecular flexibility index (Phi) is 3.22. The summed E-state index contributed by atoms with van der Waals surface area (Å²) in [6.45, 7) is 0.420. The van der Waals surface area contributed by atoms with Gasteiger partial charge in [0.25, 0.3) is 5.91 Å². The molecule has 1 heterocycles. The zero-order valence-corrected chi connectivity index (χ0v) is 10.6. The van der Waals surface area contributed by atoms with Crippen LogP contribution in [-0.4, -0.2) is 5.91 Å². The van der Waals surface area contributed by atoms with Crippen molar-refractivity contribution in [2.45, 2.75) is 12.7 Å². The van der Waals surface area contributed by atoms with E-state index in [4.69, 9.17) is 10.6 Å². The van der Waals surface area contributed by atoms with Gasteiger partial charge in [-0.15, -0.1) is 0 Å². The van der Waals surface area contributed by atoms with Crippen LogP contribution in [-0.2, 0) is 11.3 Å². The Bertz CT molecular complexity index is 655. The van der Waals surface area contributed by atoms with Crippen LogP contribution in [0.3, 0.4) is 0 Å². The average Bonchev–Trinajstić information content (AvgIpc) is 2.90. The molecule has 20 heavy (non-hydrogen) atoms. The third-order valence-corrected chi connectivity index (χ3v) is 3.40. The number of carbonyl (C=O) groups excluding carboxylic acids is 1. The monoisotopic (exact) mass is 272 g/mol. The highest BCUT2D eigenvalue weighted by atomic mass is 19.1. The Balaban J connectivity index is 1.94. The molecule has 5 heteroatoms. The quantitative estimate of drug-likeness (QED) is 0.499. The van der Waals surface area contributed by atoms with E-state index in [9.17, 15) is 9.18 Å². The molecule has 2 aromatic rings. The lowest BCUT2D eigenvalue weighted by atomic mass is 9.97. The summed E-state index contributed by atoms with van der Waals surface area (Å²) >= 11 is 0. The van der Waals surface area contributed by atoms with Crippen LogP contribution in [0, 0.1) is 5.82 Å². The number of benzene rings is 2. The Morgan fingerprint density at radius 3 is 2.70 bits per heavy atom. The number of hydrogen-bond acceptors (Lipinski definition) is 3. The first-order chi connectivity index (χ1) is 9.69. The van der Waals surface area contributed by atoms with Gasteiger partial charge >= 0.3 is 0 Å². The molecule has 3 N–H and O–H groups in total. The first kappa shape index (κ1) is 12.8. The molecule has 4 nitrogen and oxygen atoms in total. The zero-order chi connectivity index (χ0) is 14.1. The fourth-order valence-corrected chi connectivity index (χ4v) is 2.39. The smallest absolute Gasteiger partial charge is 0.265 e. The summed E-state index contributed by atoms with van der Waals surface area (Å²) in [6.07, 6.45) is -0.222. The summed E-state index contributed by atoms with van der Waals surface area (Å²) in [4.78, 5) is 11.5. The standard InChI is InChI=1S/C15H13FN2O2/c16-12-4-1-9(2-5-12)14-13-6-3-10(15(19)18-17)7-11(13)8-20-14/h1-7,14H,8,17H2,(H,18,19). The maximum absolute atomic E-state index is 13.0. The highest BCUT2D eigenvalue weighted by Gasteiger charge is 2.25. The van der Waals surface area contributed by atoms with Crippen LogP contribution in [0.5, 0.6) is 0 Å². The van der Waals surface area contributed by atoms with Gasteiger partial charge in [-0.3, -0.25) is 10.2 Å². The van der Waals surface area contributed by atoms with Crippen LogP contribution in [0.15, 0.2) is 42.5 Å². The Labute approximate surface area is 115 Å². The summed E-state index contributed by atoms with van der Waals surface area (Å²) in [5, 5.41) is 0. The van der Waals surface area contributed by atoms with Gasteiger partial charge in [0.15, 0.2) is 0 Å². The number of carbonyl (C=O) groups is 1. The first-order valence-electron chi connectivity index (χ1n) is 6.20. The van der Waals surface area contributed by atoms with Crippen molar-refractivity contribution >= 4 is 5.91 Å². The average molecular weight is 272 g/mol. The molecule has 0 aromatic heterocycles. The minimum Gasteiger partial charge on any atom is -0.364 e. The third kappa shape index (κ3) is 2.17. The molecule has 0 bridgehead atoms. The van der Waals surface area contributed by atoms with Crippen molar-refractivity contribution in [3.05, 3.63) is 70.5 Å². The second kappa shape index (κ2) is 5.03. The van der Waals surface area contributed by atoms with Gasteiger partial charge < -0.3 is 4.74 Å². The third-order valence-electron chi connectivity index (χ3n) is 3.40. The fourth-order valence-electron chi connectivity index (χ4n) is 2.39. The van der Waals surface area contributed by atoms with Gasteiger partial charge in [-0.05, 0) is 41.0 Å². The van der Waals surface area contributed by atoms with Gasteiger partial charge in [0.05, 0.1) is 6.61 Å². The van der Waals surface area contributed by atoms with Crippen LogP contribution >= 0.6 is 0 Å². The molecular weight excluding hydrogens is 259 g/mol. The van der Waals surface area contributed by atoms with E-state index in [-0.39, 0.29) is 17.8 Å². The molecule has 0 saturated heterocycles. The largest absolute Gasteiger partial charge is 0.364 e. The van der Waals surface area contributed by atoms with E-state index in [0.717, 1.165) is 16.7 Å². The lowest BCUT2D eigenvalue weighted by Gasteiger charge is -2.11. The number of rotatable bonds is 2. The number of nitrogens with one attached hydrogen (secondary N) is 1. The topological polar surface area (TPSA) is 64.3 Å². The van der Waals surface area contributed by atoms with Crippen LogP contribution in [0.2, 0.25) is 0 Å². The number of hydrogen-bond donors (Lipinski definition) is 2. The number of nitrogens with two attached hydrogens (primary N) is 1. The maximum Gasteiger partial charge on any atom is 0.265 e. The number of nitrogen functional groups attached to an aromatic ring is 1. The molecular formula is C15H13FN2O2. The highest BCUT2D eigenvalue weighted by Crippen LogP contribution is 2.36. The summed E-state index contributed by atoms with van der Waals surface area (Å²) in [6, 6.07) is 11.5. The number of amides is 1. The van der Waals surface area contributed by atoms with Crippen molar-refractivity contribution < 1.29 is 13.9 Å². The van der Waals surface area contributed by atoms with E-state index in [0.29, 0.717) is 12.2 Å². The predicted octanol–water partition coefficient (Wildman–Crippen LogP) is 2.05. The normalized spacial score (nSPS) is 16.8. The molecule has 0 saturated carbocycles. The molecule has 0 fully saturated rings. The molecule has 1 unspecified atom stereocenters. The molecule has 1 aliphatic rings. The number of ether oxygens (including phenoxy) is 1. The molecule has 2 aromatic carbocycles. The van der Waals surface area contributed by atoms with E-state index in [2.05, 4.69) is 5.43 Å². The molecule has 0 spiro atoms. The number of halogens is 1. The molecule has 0 aliphatic carbocycles. The number of fused-ring (bicyclic) bond motifs is 1. The highest BCUT2D eigenvalue weighted by molar-refractivity contribution is 5.94. The van der Waals surface area contributed by atoms with Crippen molar-refractivity contribution in [1.29, 1.82) is 0 Å². The van der Waals surface area contributed by atoms with Crippen molar-refractivity contribution in [2.75, 3.05) is 0 Å². The molecule has 1 amide bonds. The SMILES string of the molecule is NNC(=O)c1ccc2c(c1)COC2c1ccc(F)cc1. The lowest BCUT2D eigenvalue weighted by molar-refractivity contribution is 0.0937. The van der Waals surface area contributed by atoms with Crippen molar-refractivity contribution in [3.63, 3.8) is 0 Å². The van der Waals surface area contributed by atoms with E-state index >= 15 is 0 Å². The van der Waals surface area contributed by atoms with E-state index in [1.807, 2.05) is 6.07 Å². The molecule has 0 radical (unpaired) electrons. The Hall–Kier alpha value is -2.24. The second-order valence-electron chi connectivity index (χ2n) is 4.63. The van der Waals surface area contributed by atoms with Gasteiger partial charge in [-0.1, -0.05) is 18.2 Å². The summed E-state index contributed by atoms with van der Waals surface area (Å²) < 4.78 is 18.7. The van der Waals surface area contributed by atoms with Gasteiger partial charge in [-0.2, -0.15) is 0 Å². The first-order valence-corrected chi connectivity index (χ1v) is 6.20. The maximum atomic E-state index is 13.0. The van der Waals surface area contributed by atoms with E-state index in [1.54, 1.807) is 24.3 Å². The lowest BCUT2D eigenvalue weighted by Crippen LogP contribution is -2.30. The summed E-state index contributed by atoms with van der Waals surface area (Å²) in [5.74, 6) is 4.50. The second-order valence-corrected chi connectivity index (χ2v) is 4.63. The van der Waals surface area contributed by atoms with Gasteiger partial charge in [0, 0.05) is 5.56 Å². The summed E-state index contributed by atoms with van der Waals surface area (Å²) in [7, 11) is 0. The van der Waals surface area contributed by atoms with Gasteiger partial charge in [-0.25, -0.2) is 10.2 Å². The predicted molar refractivity (Wildman–Crippen MR) is 71.1 cm³/mol. The van der Waals surface area contributed by atoms with E-state index < -0.39 is 0 Å². The van der Waals surface area contributed by atoms with E-state index in [1.165, 1.54) is 12.1 Å². The fraction of sp³-hybridized carbons (Fsp3) is 0.133. The van der Waals surface area contributed by atoms with Crippen molar-refractivity contribution in [3.8, 4) is 0 Å². The molecule has 102 valence electrons. The van der Waals surface area contributed by atoms with Crippen LogP contribution in [0.1, 0.15) is 33.2 Å². The minimum atomic E-state index is -0.335. The summed E-state index contributed by atoms with van der Waals surface area (Å²) in [5.41, 5.74) is 5.42. The van der Waals surface area contributed by atoms with Crippen molar-refractivity contribution in [2.24, 2.45) is 5.84 Å². The number of hydrazine groups is 1. The minimum absolute atomic E-state index is 0.222. The van der Waals surface area contributed by atoms with Gasteiger partial charge in [0.2, 0.25) is 0 Å². The van der Waals surface area contributed by atoms with Crippen LogP contribution in [0.25, 0.3) is 0 Å². The Morgan fingerprint density at radius 2 is 2.00 bits per heavy atom. The van der Waals surface area contributed by atoms with Crippen LogP contribution < -0.4 is 11.3 Å². The van der Waals surface area contributed by atoms with Gasteiger partial charge in [0.1, 0.15) is 11.9 Å². The molecule has 1 atom stereocenters. The molecule has 1 aliphatic heterocycles. The van der Waals surface area contributed by atoms with Crippen LogP contribution in [0.4, 0.5) is 4.39 Å². The Morgan fingerprint density at radius 1 is 1.25 bits per heavy atom. The molecule has 3 rings (SSSR count).